The van der Waals surface area contributed by atoms with Crippen molar-refractivity contribution in [2.75, 3.05) is 45.1 Å². The van der Waals surface area contributed by atoms with E-state index < -0.39 is 0 Å². The molecule has 1 fully saturated rings. The Morgan fingerprint density at radius 3 is 2.37 bits per heavy atom. The predicted molar refractivity (Wildman–Crippen MR) is 102 cm³/mol. The van der Waals surface area contributed by atoms with Crippen LogP contribution in [0.25, 0.3) is 0 Å². The summed E-state index contributed by atoms with van der Waals surface area (Å²) in [5, 5.41) is 8.22. The Hall–Kier alpha value is -2.74. The Morgan fingerprint density at radius 1 is 1.07 bits per heavy atom. The lowest BCUT2D eigenvalue weighted by molar-refractivity contribution is -0.131. The van der Waals surface area contributed by atoms with Gasteiger partial charge in [-0.1, -0.05) is 17.7 Å². The Labute approximate surface area is 158 Å². The molecule has 144 valence electrons. The molecular formula is C19H25N5O3. The number of carbonyl (C=O) groups excluding carboxylic acids is 3. The number of nitrogens with one attached hydrogen (secondary N) is 1. The van der Waals surface area contributed by atoms with Crippen molar-refractivity contribution < 1.29 is 14.4 Å². The van der Waals surface area contributed by atoms with Gasteiger partial charge in [0.1, 0.15) is 5.71 Å². The van der Waals surface area contributed by atoms with Crippen molar-refractivity contribution in [3.05, 3.63) is 29.8 Å². The maximum absolute atomic E-state index is 12.6. The molecule has 0 spiro atoms. The van der Waals surface area contributed by atoms with Gasteiger partial charge in [0, 0.05) is 51.8 Å². The molecule has 0 bridgehead atoms. The Bertz CT molecular complexity index is 751. The first-order chi connectivity index (χ1) is 12.9. The monoisotopic (exact) mass is 371 g/mol. The zero-order valence-electron chi connectivity index (χ0n) is 15.8. The lowest BCUT2D eigenvalue weighted by Gasteiger charge is -2.35. The third-order valence-electron chi connectivity index (χ3n) is 4.82. The van der Waals surface area contributed by atoms with Gasteiger partial charge in [0.25, 0.3) is 5.91 Å². The standard InChI is InChI=1S/C19H25N5O3/c1-14-3-5-15(6-4-14)20-17(25)13-23-9-11-24(12-10-23)19(27)16-7-8-18(26)22(2)21-16/h3-6H,7-13H2,1-2H3,(H,20,25). The van der Waals surface area contributed by atoms with E-state index >= 15 is 0 Å². The normalized spacial score (nSPS) is 18.3. The number of nitrogens with zero attached hydrogens (tertiary/aromatic N) is 4. The van der Waals surface area contributed by atoms with Crippen molar-refractivity contribution in [3.8, 4) is 0 Å². The maximum atomic E-state index is 12.6. The number of anilines is 1. The van der Waals surface area contributed by atoms with Gasteiger partial charge in [-0.05, 0) is 19.1 Å². The molecule has 0 aromatic heterocycles. The molecule has 0 unspecified atom stereocenters. The van der Waals surface area contributed by atoms with Crippen LogP contribution < -0.4 is 5.32 Å². The third-order valence-corrected chi connectivity index (χ3v) is 4.82. The van der Waals surface area contributed by atoms with Crippen LogP contribution in [0.15, 0.2) is 29.4 Å². The van der Waals surface area contributed by atoms with E-state index in [4.69, 9.17) is 0 Å². The molecule has 8 nitrogen and oxygen atoms in total. The zero-order chi connectivity index (χ0) is 19.4. The summed E-state index contributed by atoms with van der Waals surface area (Å²) in [4.78, 5) is 40.0. The number of aryl methyl sites for hydroxylation is 1. The van der Waals surface area contributed by atoms with E-state index in [0.29, 0.717) is 51.3 Å². The van der Waals surface area contributed by atoms with E-state index in [1.54, 1.807) is 11.9 Å². The molecule has 1 aromatic carbocycles. The number of hydrazone groups is 1. The van der Waals surface area contributed by atoms with Gasteiger partial charge in [0.2, 0.25) is 11.8 Å². The minimum Gasteiger partial charge on any atom is -0.335 e. The molecule has 0 aliphatic carbocycles. The van der Waals surface area contributed by atoms with Gasteiger partial charge >= 0.3 is 0 Å². The molecule has 0 atom stereocenters. The minimum absolute atomic E-state index is 0.0598. The van der Waals surface area contributed by atoms with E-state index in [2.05, 4.69) is 10.4 Å². The van der Waals surface area contributed by atoms with E-state index in [-0.39, 0.29) is 17.7 Å². The van der Waals surface area contributed by atoms with Gasteiger partial charge in [-0.25, -0.2) is 5.01 Å². The van der Waals surface area contributed by atoms with Crippen LogP contribution in [0, 0.1) is 6.92 Å². The van der Waals surface area contributed by atoms with Gasteiger partial charge in [-0.15, -0.1) is 0 Å². The van der Waals surface area contributed by atoms with Gasteiger partial charge in [0.15, 0.2) is 0 Å². The second-order valence-electron chi connectivity index (χ2n) is 6.95. The van der Waals surface area contributed by atoms with Crippen LogP contribution in [0.4, 0.5) is 5.69 Å². The van der Waals surface area contributed by atoms with E-state index in [0.717, 1.165) is 11.3 Å². The van der Waals surface area contributed by atoms with Crippen LogP contribution in [0.3, 0.4) is 0 Å². The van der Waals surface area contributed by atoms with E-state index in [1.807, 2.05) is 36.1 Å². The lowest BCUT2D eigenvalue weighted by atomic mass is 10.1. The van der Waals surface area contributed by atoms with Gasteiger partial charge in [-0.2, -0.15) is 5.10 Å². The summed E-state index contributed by atoms with van der Waals surface area (Å²) in [6.45, 7) is 4.67. The summed E-state index contributed by atoms with van der Waals surface area (Å²) in [5.74, 6) is -0.246. The lowest BCUT2D eigenvalue weighted by Crippen LogP contribution is -2.52. The molecule has 0 saturated carbocycles. The van der Waals surface area contributed by atoms with Crippen molar-refractivity contribution in [2.45, 2.75) is 19.8 Å². The zero-order valence-corrected chi connectivity index (χ0v) is 15.8. The summed E-state index contributed by atoms with van der Waals surface area (Å²) in [7, 11) is 1.57. The average molecular weight is 371 g/mol. The molecule has 0 radical (unpaired) electrons. The van der Waals surface area contributed by atoms with Crippen molar-refractivity contribution in [3.63, 3.8) is 0 Å². The van der Waals surface area contributed by atoms with Crippen LogP contribution in [-0.2, 0) is 14.4 Å². The molecule has 27 heavy (non-hydrogen) atoms. The number of piperazine rings is 1. The van der Waals surface area contributed by atoms with E-state index in [9.17, 15) is 14.4 Å². The smallest absolute Gasteiger partial charge is 0.270 e. The van der Waals surface area contributed by atoms with Crippen LogP contribution in [0.1, 0.15) is 18.4 Å². The number of carbonyl (C=O) groups is 3. The highest BCUT2D eigenvalue weighted by Crippen LogP contribution is 2.12. The maximum Gasteiger partial charge on any atom is 0.270 e. The number of amides is 3. The first-order valence-corrected chi connectivity index (χ1v) is 9.14. The van der Waals surface area contributed by atoms with Crippen LogP contribution >= 0.6 is 0 Å². The molecule has 2 aliphatic heterocycles. The number of hydrogen-bond donors (Lipinski definition) is 1. The fourth-order valence-corrected chi connectivity index (χ4v) is 3.16. The second kappa shape index (κ2) is 8.30. The fraction of sp³-hybridized carbons (Fsp3) is 0.474. The highest BCUT2D eigenvalue weighted by molar-refractivity contribution is 6.39. The van der Waals surface area contributed by atoms with Crippen molar-refractivity contribution in [2.24, 2.45) is 5.10 Å². The predicted octanol–water partition coefficient (Wildman–Crippen LogP) is 0.686. The first kappa shape index (κ1) is 19.0. The second-order valence-corrected chi connectivity index (χ2v) is 6.95. The molecule has 1 N–H and O–H groups in total. The van der Waals surface area contributed by atoms with Crippen molar-refractivity contribution in [1.29, 1.82) is 0 Å². The highest BCUT2D eigenvalue weighted by atomic mass is 16.2. The SMILES string of the molecule is Cc1ccc(NC(=O)CN2CCN(C(=O)C3=NN(C)C(=O)CC3)CC2)cc1. The highest BCUT2D eigenvalue weighted by Gasteiger charge is 2.28. The average Bonchev–Trinajstić information content (AvgIpc) is 2.66. The largest absolute Gasteiger partial charge is 0.335 e. The summed E-state index contributed by atoms with van der Waals surface area (Å²) < 4.78 is 0. The molecule has 3 amide bonds. The topological polar surface area (TPSA) is 85.3 Å². The van der Waals surface area contributed by atoms with Gasteiger partial charge < -0.3 is 10.2 Å². The molecule has 1 saturated heterocycles. The third kappa shape index (κ3) is 4.91. The van der Waals surface area contributed by atoms with Crippen LogP contribution in [-0.4, -0.2) is 78.0 Å². The van der Waals surface area contributed by atoms with Gasteiger partial charge in [0.05, 0.1) is 6.54 Å². The summed E-state index contributed by atoms with van der Waals surface area (Å²) in [6, 6.07) is 7.69. The molecule has 8 heteroatoms. The summed E-state index contributed by atoms with van der Waals surface area (Å²) in [6.07, 6.45) is 0.710. The molecule has 2 heterocycles. The Kier molecular flexibility index (Phi) is 5.85. The number of benzene rings is 1. The molecule has 3 rings (SSSR count). The van der Waals surface area contributed by atoms with E-state index in [1.165, 1.54) is 5.01 Å². The quantitative estimate of drug-likeness (QED) is 0.844. The molecule has 1 aromatic rings. The minimum atomic E-state index is -0.113. The summed E-state index contributed by atoms with van der Waals surface area (Å²) in [5.41, 5.74) is 2.36. The molecule has 2 aliphatic rings. The first-order valence-electron chi connectivity index (χ1n) is 9.14. The van der Waals surface area contributed by atoms with Crippen LogP contribution in [0.2, 0.25) is 0 Å². The number of hydrogen-bond acceptors (Lipinski definition) is 5. The number of rotatable bonds is 4. The molecular weight excluding hydrogens is 346 g/mol. The Morgan fingerprint density at radius 2 is 1.74 bits per heavy atom. The van der Waals surface area contributed by atoms with Crippen molar-refractivity contribution in [1.82, 2.24) is 14.8 Å². The van der Waals surface area contributed by atoms with Crippen LogP contribution in [0.5, 0.6) is 0 Å². The van der Waals surface area contributed by atoms with Crippen molar-refractivity contribution >= 4 is 29.1 Å². The van der Waals surface area contributed by atoms with Gasteiger partial charge in [-0.3, -0.25) is 19.3 Å². The Balaban J connectivity index is 1.46. The summed E-state index contributed by atoms with van der Waals surface area (Å²) >= 11 is 0. The fourth-order valence-electron chi connectivity index (χ4n) is 3.16.